The van der Waals surface area contributed by atoms with Crippen molar-refractivity contribution in [3.63, 3.8) is 0 Å². The van der Waals surface area contributed by atoms with Crippen LogP contribution in [0.1, 0.15) is 5.56 Å². The van der Waals surface area contributed by atoms with Crippen molar-refractivity contribution >= 4 is 21.4 Å². The van der Waals surface area contributed by atoms with Gasteiger partial charge in [-0.15, -0.1) is 0 Å². The van der Waals surface area contributed by atoms with Crippen molar-refractivity contribution in [1.82, 2.24) is 9.38 Å². The molecular formula is C12H10BrN3O. The van der Waals surface area contributed by atoms with E-state index in [4.69, 9.17) is 10.2 Å². The number of nitrogens with zero attached hydrogens (tertiary/aromatic N) is 2. The molecule has 0 aromatic carbocycles. The summed E-state index contributed by atoms with van der Waals surface area (Å²) in [6.45, 7) is 0.509. The van der Waals surface area contributed by atoms with Gasteiger partial charge in [0.05, 0.1) is 11.7 Å². The fourth-order valence-electron chi connectivity index (χ4n) is 1.77. The minimum absolute atomic E-state index is 0.509. The summed E-state index contributed by atoms with van der Waals surface area (Å²) in [5, 5.41) is 0. The van der Waals surface area contributed by atoms with Crippen LogP contribution >= 0.6 is 15.9 Å². The third-order valence-electron chi connectivity index (χ3n) is 2.62. The van der Waals surface area contributed by atoms with E-state index >= 15 is 0 Å². The minimum Gasteiger partial charge on any atom is -0.446 e. The van der Waals surface area contributed by atoms with Gasteiger partial charge in [0, 0.05) is 12.7 Å². The maximum Gasteiger partial charge on any atom is 0.180 e. The summed E-state index contributed by atoms with van der Waals surface area (Å²) in [6, 6.07) is 7.73. The molecule has 17 heavy (non-hydrogen) atoms. The highest BCUT2D eigenvalue weighted by molar-refractivity contribution is 9.10. The summed E-state index contributed by atoms with van der Waals surface area (Å²) in [5.74, 6) is 1.51. The Morgan fingerprint density at radius 1 is 1.29 bits per heavy atom. The van der Waals surface area contributed by atoms with Gasteiger partial charge >= 0.3 is 0 Å². The van der Waals surface area contributed by atoms with Crippen LogP contribution in [0.5, 0.6) is 0 Å². The lowest BCUT2D eigenvalue weighted by molar-refractivity contribution is 0.551. The molecule has 0 aliphatic heterocycles. The van der Waals surface area contributed by atoms with E-state index in [9.17, 15) is 0 Å². The Hall–Kier alpha value is -1.59. The van der Waals surface area contributed by atoms with Gasteiger partial charge in [0.25, 0.3) is 0 Å². The van der Waals surface area contributed by atoms with E-state index in [1.54, 1.807) is 0 Å². The van der Waals surface area contributed by atoms with Crippen molar-refractivity contribution in [1.29, 1.82) is 0 Å². The van der Waals surface area contributed by atoms with E-state index in [1.807, 2.05) is 41.1 Å². The predicted molar refractivity (Wildman–Crippen MR) is 68.5 cm³/mol. The van der Waals surface area contributed by atoms with Gasteiger partial charge in [-0.25, -0.2) is 4.98 Å². The lowest BCUT2D eigenvalue weighted by atomic mass is 10.3. The van der Waals surface area contributed by atoms with Crippen LogP contribution in [0.2, 0.25) is 0 Å². The molecule has 0 saturated carbocycles. The molecule has 3 rings (SSSR count). The van der Waals surface area contributed by atoms with E-state index in [0.717, 1.165) is 22.7 Å². The number of rotatable bonds is 2. The van der Waals surface area contributed by atoms with Crippen molar-refractivity contribution in [2.24, 2.45) is 5.73 Å². The van der Waals surface area contributed by atoms with Gasteiger partial charge in [-0.05, 0) is 39.7 Å². The third-order valence-corrected chi connectivity index (χ3v) is 3.04. The summed E-state index contributed by atoms with van der Waals surface area (Å²) in [7, 11) is 0. The van der Waals surface area contributed by atoms with Crippen LogP contribution in [0, 0.1) is 0 Å². The molecule has 4 nitrogen and oxygen atoms in total. The number of halogens is 1. The highest BCUT2D eigenvalue weighted by Crippen LogP contribution is 2.25. The van der Waals surface area contributed by atoms with Gasteiger partial charge in [0.1, 0.15) is 0 Å². The van der Waals surface area contributed by atoms with E-state index in [2.05, 4.69) is 20.9 Å². The van der Waals surface area contributed by atoms with Crippen molar-refractivity contribution in [3.8, 4) is 11.6 Å². The molecule has 0 saturated heterocycles. The molecule has 0 spiro atoms. The highest BCUT2D eigenvalue weighted by Gasteiger charge is 2.10. The van der Waals surface area contributed by atoms with Gasteiger partial charge < -0.3 is 10.2 Å². The summed E-state index contributed by atoms with van der Waals surface area (Å²) >= 11 is 3.29. The smallest absolute Gasteiger partial charge is 0.180 e. The topological polar surface area (TPSA) is 56.5 Å². The highest BCUT2D eigenvalue weighted by atomic mass is 79.9. The van der Waals surface area contributed by atoms with Gasteiger partial charge in [-0.2, -0.15) is 0 Å². The second-order valence-corrected chi connectivity index (χ2v) is 4.50. The zero-order valence-electron chi connectivity index (χ0n) is 8.93. The van der Waals surface area contributed by atoms with Crippen LogP contribution < -0.4 is 5.73 Å². The van der Waals surface area contributed by atoms with E-state index in [0.29, 0.717) is 11.2 Å². The maximum atomic E-state index is 5.64. The largest absolute Gasteiger partial charge is 0.446 e. The molecule has 0 radical (unpaired) electrons. The molecule has 0 unspecified atom stereocenters. The molecule has 0 aliphatic rings. The van der Waals surface area contributed by atoms with Gasteiger partial charge in [0.2, 0.25) is 0 Å². The van der Waals surface area contributed by atoms with E-state index in [-0.39, 0.29) is 0 Å². The SMILES string of the molecule is NCc1ccc2cnc(-c3ccc(Br)o3)n2c1. The van der Waals surface area contributed by atoms with E-state index < -0.39 is 0 Å². The van der Waals surface area contributed by atoms with Crippen molar-refractivity contribution in [2.45, 2.75) is 6.54 Å². The second-order valence-electron chi connectivity index (χ2n) is 3.72. The molecule has 86 valence electrons. The minimum atomic E-state index is 0.509. The van der Waals surface area contributed by atoms with Crippen LogP contribution in [-0.4, -0.2) is 9.38 Å². The second kappa shape index (κ2) is 4.01. The number of nitrogens with two attached hydrogens (primary N) is 1. The number of furan rings is 1. The first-order valence-corrected chi connectivity index (χ1v) is 5.99. The Bertz CT molecular complexity index is 671. The zero-order valence-corrected chi connectivity index (χ0v) is 10.5. The fraction of sp³-hybridized carbons (Fsp3) is 0.0833. The summed E-state index contributed by atoms with van der Waals surface area (Å²) < 4.78 is 8.18. The molecule has 0 bridgehead atoms. The Morgan fingerprint density at radius 3 is 2.88 bits per heavy atom. The van der Waals surface area contributed by atoms with Crippen LogP contribution in [0.4, 0.5) is 0 Å². The van der Waals surface area contributed by atoms with Crippen molar-refractivity contribution in [2.75, 3.05) is 0 Å². The van der Waals surface area contributed by atoms with Crippen LogP contribution in [-0.2, 0) is 6.54 Å². The summed E-state index contributed by atoms with van der Waals surface area (Å²) in [5.41, 5.74) is 7.71. The van der Waals surface area contributed by atoms with Crippen LogP contribution in [0.3, 0.4) is 0 Å². The lowest BCUT2D eigenvalue weighted by Crippen LogP contribution is -1.98. The normalized spacial score (nSPS) is 11.2. The number of aromatic nitrogens is 2. The predicted octanol–water partition coefficient (Wildman–Crippen LogP) is 2.82. The molecule has 3 aromatic heterocycles. The number of hydrogen-bond donors (Lipinski definition) is 1. The zero-order chi connectivity index (χ0) is 11.8. The first kappa shape index (κ1) is 10.6. The maximum absolute atomic E-state index is 5.64. The Kier molecular flexibility index (Phi) is 2.49. The quantitative estimate of drug-likeness (QED) is 0.790. The number of imidazole rings is 1. The lowest BCUT2D eigenvalue weighted by Gasteiger charge is -2.01. The number of fused-ring (bicyclic) bond motifs is 1. The molecule has 0 fully saturated rings. The molecule has 0 atom stereocenters. The van der Waals surface area contributed by atoms with Gasteiger partial charge in [-0.3, -0.25) is 4.40 Å². The number of hydrogen-bond acceptors (Lipinski definition) is 3. The molecular weight excluding hydrogens is 282 g/mol. The van der Waals surface area contributed by atoms with Gasteiger partial charge in [0.15, 0.2) is 16.3 Å². The van der Waals surface area contributed by atoms with Crippen molar-refractivity contribution < 1.29 is 4.42 Å². The van der Waals surface area contributed by atoms with Crippen molar-refractivity contribution in [3.05, 3.63) is 46.9 Å². The average Bonchev–Trinajstić information content (AvgIpc) is 2.93. The van der Waals surface area contributed by atoms with E-state index in [1.165, 1.54) is 0 Å². The van der Waals surface area contributed by atoms with Crippen LogP contribution in [0.25, 0.3) is 17.1 Å². The fourth-order valence-corrected chi connectivity index (χ4v) is 2.08. The molecule has 3 heterocycles. The third kappa shape index (κ3) is 1.77. The summed E-state index contributed by atoms with van der Waals surface area (Å²) in [4.78, 5) is 4.36. The Labute approximate surface area is 106 Å². The summed E-state index contributed by atoms with van der Waals surface area (Å²) in [6.07, 6.45) is 3.79. The number of pyridine rings is 1. The monoisotopic (exact) mass is 291 g/mol. The first-order valence-electron chi connectivity index (χ1n) is 5.19. The Morgan fingerprint density at radius 2 is 2.18 bits per heavy atom. The molecule has 0 aliphatic carbocycles. The molecule has 3 aromatic rings. The molecule has 2 N–H and O–H groups in total. The standard InChI is InChI=1S/C12H10BrN3O/c13-11-4-3-10(17-11)12-15-6-9-2-1-8(5-14)7-16(9)12/h1-4,6-7H,5,14H2. The average molecular weight is 292 g/mol. The first-order chi connectivity index (χ1) is 8.28. The van der Waals surface area contributed by atoms with Crippen LogP contribution in [0.15, 0.2) is 45.7 Å². The van der Waals surface area contributed by atoms with Gasteiger partial charge in [-0.1, -0.05) is 6.07 Å². The molecule has 0 amide bonds. The Balaban J connectivity index is 2.22. The molecule has 5 heteroatoms.